The summed E-state index contributed by atoms with van der Waals surface area (Å²) in [6.07, 6.45) is 2.06. The molecule has 0 radical (unpaired) electrons. The van der Waals surface area contributed by atoms with Crippen LogP contribution in [-0.4, -0.2) is 23.1 Å². The molecule has 2 N–H and O–H groups in total. The van der Waals surface area contributed by atoms with Gasteiger partial charge >= 0.3 is 0 Å². The van der Waals surface area contributed by atoms with Gasteiger partial charge in [-0.3, -0.25) is 0 Å². The van der Waals surface area contributed by atoms with Gasteiger partial charge in [0.2, 0.25) is 5.95 Å². The average molecular weight is 363 g/mol. The lowest BCUT2D eigenvalue weighted by atomic mass is 10.1. The largest absolute Gasteiger partial charge is 0.497 e. The van der Waals surface area contributed by atoms with Gasteiger partial charge in [0.1, 0.15) is 11.6 Å². The highest BCUT2D eigenvalue weighted by Crippen LogP contribution is 2.31. The van der Waals surface area contributed by atoms with Crippen LogP contribution in [-0.2, 0) is 18.0 Å². The molecule has 1 aliphatic rings. The number of halogens is 1. The highest BCUT2D eigenvalue weighted by Gasteiger charge is 2.21. The van der Waals surface area contributed by atoms with Gasteiger partial charge in [-0.2, -0.15) is 4.98 Å². The van der Waals surface area contributed by atoms with E-state index in [1.165, 1.54) is 0 Å². The second-order valence-corrected chi connectivity index (χ2v) is 6.35. The molecule has 6 nitrogen and oxygen atoms in total. The average Bonchev–Trinajstić information content (AvgIpc) is 3.10. The Hall–Kier alpha value is -2.05. The minimum Gasteiger partial charge on any atom is -0.497 e. The minimum atomic E-state index is 0.372. The maximum absolute atomic E-state index is 6.31. The Morgan fingerprint density at radius 2 is 2.04 bits per heavy atom. The van der Waals surface area contributed by atoms with Crippen LogP contribution in [0.5, 0.6) is 5.75 Å². The number of hydrogen-bond donors (Lipinski definition) is 2. The molecular formula is C18H23ClN4O2. The summed E-state index contributed by atoms with van der Waals surface area (Å²) in [4.78, 5) is 9.23. The van der Waals surface area contributed by atoms with E-state index in [1.807, 2.05) is 12.1 Å². The number of methoxy groups -OCH3 is 1. The minimum absolute atomic E-state index is 0.372. The zero-order valence-corrected chi connectivity index (χ0v) is 15.5. The Bertz CT molecular complexity index is 750. The first-order valence-electron chi connectivity index (χ1n) is 8.49. The van der Waals surface area contributed by atoms with Crippen molar-refractivity contribution in [1.82, 2.24) is 9.97 Å². The van der Waals surface area contributed by atoms with Crippen LogP contribution in [0.4, 0.5) is 17.5 Å². The van der Waals surface area contributed by atoms with Gasteiger partial charge in [-0.25, -0.2) is 4.98 Å². The number of rotatable bonds is 7. The van der Waals surface area contributed by atoms with Gasteiger partial charge in [-0.05, 0) is 25.0 Å². The molecule has 0 bridgehead atoms. The van der Waals surface area contributed by atoms with Gasteiger partial charge in [-0.15, -0.1) is 0 Å². The topological polar surface area (TPSA) is 68.3 Å². The van der Waals surface area contributed by atoms with Crippen LogP contribution in [0.25, 0.3) is 0 Å². The Labute approximate surface area is 152 Å². The molecule has 0 fully saturated rings. The third-order valence-electron chi connectivity index (χ3n) is 4.33. The van der Waals surface area contributed by atoms with E-state index < -0.39 is 0 Å². The van der Waals surface area contributed by atoms with E-state index in [4.69, 9.17) is 21.1 Å². The maximum Gasteiger partial charge on any atom is 0.229 e. The van der Waals surface area contributed by atoms with E-state index in [0.29, 0.717) is 36.0 Å². The Kier molecular flexibility index (Phi) is 5.60. The fourth-order valence-electron chi connectivity index (χ4n) is 2.76. The molecule has 3 rings (SSSR count). The summed E-state index contributed by atoms with van der Waals surface area (Å²) in [6.45, 7) is 5.37. The molecule has 0 amide bonds. The quantitative estimate of drug-likeness (QED) is 0.755. The number of benzene rings is 1. The van der Waals surface area contributed by atoms with Crippen LogP contribution in [0.3, 0.4) is 0 Å². The van der Waals surface area contributed by atoms with Gasteiger partial charge in [0, 0.05) is 17.7 Å². The second-order valence-electron chi connectivity index (χ2n) is 5.94. The van der Waals surface area contributed by atoms with Crippen molar-refractivity contribution >= 4 is 29.1 Å². The second kappa shape index (κ2) is 7.89. The number of hydrogen-bond acceptors (Lipinski definition) is 6. The van der Waals surface area contributed by atoms with Gasteiger partial charge in [0.05, 0.1) is 36.7 Å². The van der Waals surface area contributed by atoms with E-state index in [-0.39, 0.29) is 0 Å². The monoisotopic (exact) mass is 362 g/mol. The zero-order chi connectivity index (χ0) is 17.8. The first kappa shape index (κ1) is 17.8. The molecule has 0 saturated carbocycles. The number of aromatic nitrogens is 2. The number of nitrogens with one attached hydrogen (secondary N) is 2. The number of anilines is 3. The van der Waals surface area contributed by atoms with Crippen LogP contribution < -0.4 is 15.4 Å². The molecule has 134 valence electrons. The summed E-state index contributed by atoms with van der Waals surface area (Å²) in [5.74, 6) is 2.04. The lowest BCUT2D eigenvalue weighted by Crippen LogP contribution is -2.20. The molecule has 1 aliphatic heterocycles. The van der Waals surface area contributed by atoms with Crippen molar-refractivity contribution in [3.63, 3.8) is 0 Å². The number of ether oxygens (including phenoxy) is 2. The molecule has 2 heterocycles. The SMILES string of the molecule is CCC(CC)Nc1nc(Nc2ccc(OC)cc2Cl)nc2c1COC2. The highest BCUT2D eigenvalue weighted by molar-refractivity contribution is 6.33. The van der Waals surface area contributed by atoms with Crippen molar-refractivity contribution in [3.8, 4) is 5.75 Å². The predicted octanol–water partition coefficient (Wildman–Crippen LogP) is 4.51. The number of nitrogens with zero attached hydrogens (tertiary/aromatic N) is 2. The Morgan fingerprint density at radius 3 is 2.72 bits per heavy atom. The van der Waals surface area contributed by atoms with E-state index in [0.717, 1.165) is 35.6 Å². The standard InChI is InChI=1S/C18H23ClN4O2/c1-4-11(5-2)20-17-13-9-25-10-16(13)22-18(23-17)21-15-7-6-12(24-3)8-14(15)19/h6-8,11H,4-5,9-10H2,1-3H3,(H2,20,21,22,23). The summed E-state index contributed by atoms with van der Waals surface area (Å²) in [6, 6.07) is 5.82. The van der Waals surface area contributed by atoms with Crippen LogP contribution in [0.2, 0.25) is 5.02 Å². The molecule has 0 saturated heterocycles. The summed E-state index contributed by atoms with van der Waals surface area (Å²) in [5.41, 5.74) is 2.68. The molecule has 2 aromatic rings. The normalized spacial score (nSPS) is 13.0. The van der Waals surface area contributed by atoms with Crippen LogP contribution in [0.1, 0.15) is 37.9 Å². The zero-order valence-electron chi connectivity index (χ0n) is 14.7. The lowest BCUT2D eigenvalue weighted by Gasteiger charge is -2.18. The molecule has 1 aromatic carbocycles. The highest BCUT2D eigenvalue weighted by atomic mass is 35.5. The van der Waals surface area contributed by atoms with Crippen LogP contribution in [0.15, 0.2) is 18.2 Å². The fourth-order valence-corrected chi connectivity index (χ4v) is 2.98. The molecule has 0 spiro atoms. The third-order valence-corrected chi connectivity index (χ3v) is 4.64. The summed E-state index contributed by atoms with van der Waals surface area (Å²) < 4.78 is 10.7. The molecule has 7 heteroatoms. The van der Waals surface area contributed by atoms with Crippen LogP contribution in [0, 0.1) is 0 Å². The number of fused-ring (bicyclic) bond motifs is 1. The van der Waals surface area contributed by atoms with Crippen molar-refractivity contribution < 1.29 is 9.47 Å². The van der Waals surface area contributed by atoms with E-state index in [9.17, 15) is 0 Å². The van der Waals surface area contributed by atoms with Crippen molar-refractivity contribution in [2.45, 2.75) is 45.9 Å². The summed E-state index contributed by atoms with van der Waals surface area (Å²) >= 11 is 6.31. The summed E-state index contributed by atoms with van der Waals surface area (Å²) in [5, 5.41) is 7.26. The van der Waals surface area contributed by atoms with Gasteiger partial charge in [0.25, 0.3) is 0 Å². The van der Waals surface area contributed by atoms with Crippen molar-refractivity contribution in [2.24, 2.45) is 0 Å². The van der Waals surface area contributed by atoms with Gasteiger partial charge < -0.3 is 20.1 Å². The Morgan fingerprint density at radius 1 is 1.24 bits per heavy atom. The lowest BCUT2D eigenvalue weighted by molar-refractivity contribution is 0.133. The molecule has 25 heavy (non-hydrogen) atoms. The maximum atomic E-state index is 6.31. The predicted molar refractivity (Wildman–Crippen MR) is 99.8 cm³/mol. The molecule has 0 unspecified atom stereocenters. The first-order chi connectivity index (χ1) is 12.1. The van der Waals surface area contributed by atoms with Crippen molar-refractivity contribution in [2.75, 3.05) is 17.7 Å². The van der Waals surface area contributed by atoms with Crippen molar-refractivity contribution in [1.29, 1.82) is 0 Å². The third kappa shape index (κ3) is 3.96. The fraction of sp³-hybridized carbons (Fsp3) is 0.444. The van der Waals surface area contributed by atoms with Crippen molar-refractivity contribution in [3.05, 3.63) is 34.5 Å². The van der Waals surface area contributed by atoms with Crippen LogP contribution >= 0.6 is 11.6 Å². The van der Waals surface area contributed by atoms with E-state index in [2.05, 4.69) is 34.4 Å². The van der Waals surface area contributed by atoms with Gasteiger partial charge in [0.15, 0.2) is 0 Å². The molecule has 0 aliphatic carbocycles. The van der Waals surface area contributed by atoms with E-state index >= 15 is 0 Å². The Balaban J connectivity index is 1.89. The van der Waals surface area contributed by atoms with E-state index in [1.54, 1.807) is 13.2 Å². The molecular weight excluding hydrogens is 340 g/mol. The molecule has 1 aromatic heterocycles. The first-order valence-corrected chi connectivity index (χ1v) is 8.87. The smallest absolute Gasteiger partial charge is 0.229 e. The van der Waals surface area contributed by atoms with Gasteiger partial charge in [-0.1, -0.05) is 25.4 Å². The summed E-state index contributed by atoms with van der Waals surface area (Å²) in [7, 11) is 1.61. The molecule has 0 atom stereocenters.